The molecule has 0 aliphatic carbocycles. The van der Waals surface area contributed by atoms with Crippen LogP contribution in [0.1, 0.15) is 27.2 Å². The number of aliphatic carboxylic acids is 1. The largest absolute Gasteiger partial charge is 0.480 e. The highest BCUT2D eigenvalue weighted by Gasteiger charge is 2.22. The molecule has 0 aromatic rings. The maximum Gasteiger partial charge on any atom is 0.320 e. The normalized spacial score (nSPS) is 13.1. The highest BCUT2D eigenvalue weighted by molar-refractivity contribution is 7.98. The van der Waals surface area contributed by atoms with Crippen molar-refractivity contribution in [3.8, 4) is 0 Å². The van der Waals surface area contributed by atoms with Gasteiger partial charge in [0.05, 0.1) is 0 Å². The molecule has 0 aliphatic heterocycles. The quantitative estimate of drug-likeness (QED) is 0.773. The molecule has 0 saturated carbocycles. The summed E-state index contributed by atoms with van der Waals surface area (Å²) < 4.78 is 0. The number of carboxylic acid groups (broad SMARTS) is 1. The van der Waals surface area contributed by atoms with Crippen molar-refractivity contribution in [1.82, 2.24) is 5.32 Å². The summed E-state index contributed by atoms with van der Waals surface area (Å²) in [7, 11) is 0. The molecule has 0 aliphatic rings. The third kappa shape index (κ3) is 8.66. The Morgan fingerprint density at radius 1 is 1.50 bits per heavy atom. The first-order chi connectivity index (χ1) is 5.87. The smallest absolute Gasteiger partial charge is 0.320 e. The summed E-state index contributed by atoms with van der Waals surface area (Å²) in [6, 6.07) is -0.424. The van der Waals surface area contributed by atoms with Crippen LogP contribution in [0, 0.1) is 0 Å². The summed E-state index contributed by atoms with van der Waals surface area (Å²) in [6.07, 6.45) is 2.66. The molecule has 0 radical (unpaired) electrons. The average molecular weight is 242 g/mol. The lowest BCUT2D eigenvalue weighted by Crippen LogP contribution is -2.47. The number of thioether (sulfide) groups is 1. The lowest BCUT2D eigenvalue weighted by molar-refractivity contribution is -0.140. The van der Waals surface area contributed by atoms with Gasteiger partial charge in [-0.2, -0.15) is 11.8 Å². The Labute approximate surface area is 96.4 Å². The number of hydrogen-bond donors (Lipinski definition) is 2. The van der Waals surface area contributed by atoms with Gasteiger partial charge in [0.2, 0.25) is 0 Å². The maximum absolute atomic E-state index is 10.8. The van der Waals surface area contributed by atoms with Crippen LogP contribution < -0.4 is 5.32 Å². The van der Waals surface area contributed by atoms with Gasteiger partial charge in [-0.3, -0.25) is 10.1 Å². The van der Waals surface area contributed by atoms with Crippen LogP contribution in [-0.4, -0.2) is 34.7 Å². The molecular weight excluding hydrogens is 222 g/mol. The summed E-state index contributed by atoms with van der Waals surface area (Å²) in [5, 5.41) is 12.0. The second kappa shape index (κ2) is 7.37. The molecule has 1 atom stereocenters. The van der Waals surface area contributed by atoms with Gasteiger partial charge in [-0.15, -0.1) is 12.4 Å². The Morgan fingerprint density at radius 2 is 2.00 bits per heavy atom. The van der Waals surface area contributed by atoms with Crippen molar-refractivity contribution in [2.75, 3.05) is 12.0 Å². The lowest BCUT2D eigenvalue weighted by atomic mass is 10.1. The van der Waals surface area contributed by atoms with E-state index in [4.69, 9.17) is 5.11 Å². The van der Waals surface area contributed by atoms with E-state index in [1.165, 1.54) is 0 Å². The Hall–Kier alpha value is 0.0700. The van der Waals surface area contributed by atoms with Gasteiger partial charge in [0.1, 0.15) is 6.04 Å². The van der Waals surface area contributed by atoms with Crippen LogP contribution in [0.15, 0.2) is 0 Å². The third-order valence-electron chi connectivity index (χ3n) is 1.52. The van der Waals surface area contributed by atoms with Gasteiger partial charge in [-0.25, -0.2) is 0 Å². The minimum absolute atomic E-state index is 0. The van der Waals surface area contributed by atoms with Gasteiger partial charge in [0.25, 0.3) is 0 Å². The van der Waals surface area contributed by atoms with E-state index in [1.807, 2.05) is 27.0 Å². The predicted octanol–water partition coefficient (Wildman–Crippen LogP) is 2.00. The molecule has 5 heteroatoms. The minimum atomic E-state index is -0.760. The van der Waals surface area contributed by atoms with E-state index >= 15 is 0 Å². The summed E-state index contributed by atoms with van der Waals surface area (Å²) in [5.74, 6) is 0.115. The lowest BCUT2D eigenvalue weighted by Gasteiger charge is -2.25. The highest BCUT2D eigenvalue weighted by atomic mass is 35.5. The Morgan fingerprint density at radius 3 is 2.29 bits per heavy atom. The predicted molar refractivity (Wildman–Crippen MR) is 64.6 cm³/mol. The monoisotopic (exact) mass is 241 g/mol. The zero-order valence-corrected chi connectivity index (χ0v) is 10.8. The van der Waals surface area contributed by atoms with E-state index in [-0.39, 0.29) is 17.9 Å². The molecule has 2 N–H and O–H groups in total. The molecule has 0 saturated heterocycles. The zero-order chi connectivity index (χ0) is 10.5. The standard InChI is InChI=1S/C9H19NO2S.ClH/c1-9(2,3)10-7(8(11)12)5-6-13-4;/h7,10H,5-6H2,1-4H3,(H,11,12);1H/t7-;/m0./s1. The molecule has 0 amide bonds. The van der Waals surface area contributed by atoms with Crippen molar-refractivity contribution >= 4 is 30.1 Å². The molecule has 3 nitrogen and oxygen atoms in total. The van der Waals surface area contributed by atoms with Crippen LogP contribution >= 0.6 is 24.2 Å². The van der Waals surface area contributed by atoms with E-state index in [0.29, 0.717) is 6.42 Å². The molecule has 0 fully saturated rings. The van der Waals surface area contributed by atoms with Crippen molar-refractivity contribution < 1.29 is 9.90 Å². The number of hydrogen-bond acceptors (Lipinski definition) is 3. The van der Waals surface area contributed by atoms with Gasteiger partial charge >= 0.3 is 5.97 Å². The van der Waals surface area contributed by atoms with Crippen LogP contribution in [-0.2, 0) is 4.79 Å². The first-order valence-electron chi connectivity index (χ1n) is 4.36. The fraction of sp³-hybridized carbons (Fsp3) is 0.889. The number of carbonyl (C=O) groups is 1. The topological polar surface area (TPSA) is 49.3 Å². The Bertz CT molecular complexity index is 171. The van der Waals surface area contributed by atoms with Crippen molar-refractivity contribution in [1.29, 1.82) is 0 Å². The molecule has 0 heterocycles. The average Bonchev–Trinajstić information content (AvgIpc) is 1.95. The summed E-state index contributed by atoms with van der Waals surface area (Å²) >= 11 is 1.67. The Balaban J connectivity index is 0. The number of carboxylic acids is 1. The van der Waals surface area contributed by atoms with Gasteiger partial charge < -0.3 is 5.11 Å². The Kier molecular flexibility index (Phi) is 8.69. The second-order valence-electron chi connectivity index (χ2n) is 4.07. The number of rotatable bonds is 5. The van der Waals surface area contributed by atoms with E-state index in [2.05, 4.69) is 5.32 Å². The first-order valence-corrected chi connectivity index (χ1v) is 5.75. The van der Waals surface area contributed by atoms with Crippen LogP contribution in [0.2, 0.25) is 0 Å². The summed E-state index contributed by atoms with van der Waals surface area (Å²) in [6.45, 7) is 5.92. The van der Waals surface area contributed by atoms with E-state index < -0.39 is 12.0 Å². The van der Waals surface area contributed by atoms with E-state index in [0.717, 1.165) is 5.75 Å². The molecule has 0 aromatic carbocycles. The molecule has 86 valence electrons. The molecule has 0 bridgehead atoms. The van der Waals surface area contributed by atoms with Gasteiger partial charge in [-0.05, 0) is 39.2 Å². The highest BCUT2D eigenvalue weighted by Crippen LogP contribution is 2.06. The fourth-order valence-electron chi connectivity index (χ4n) is 1.02. The van der Waals surface area contributed by atoms with Crippen LogP contribution in [0.4, 0.5) is 0 Å². The molecule has 0 unspecified atom stereocenters. The molecule has 0 aromatic heterocycles. The number of halogens is 1. The zero-order valence-electron chi connectivity index (χ0n) is 9.16. The molecule has 0 rings (SSSR count). The first kappa shape index (κ1) is 16.5. The van der Waals surface area contributed by atoms with Crippen molar-refractivity contribution in [2.24, 2.45) is 0 Å². The van der Waals surface area contributed by atoms with Crippen LogP contribution in [0.5, 0.6) is 0 Å². The number of nitrogens with one attached hydrogen (secondary N) is 1. The summed E-state index contributed by atoms with van der Waals surface area (Å²) in [4.78, 5) is 10.8. The SMILES string of the molecule is CSCC[C@H](NC(C)(C)C)C(=O)O.Cl. The maximum atomic E-state index is 10.8. The van der Waals surface area contributed by atoms with Crippen LogP contribution in [0.3, 0.4) is 0 Å². The van der Waals surface area contributed by atoms with E-state index in [1.54, 1.807) is 11.8 Å². The molecular formula is C9H20ClNO2S. The summed E-state index contributed by atoms with van der Waals surface area (Å²) in [5.41, 5.74) is -0.137. The second-order valence-corrected chi connectivity index (χ2v) is 5.05. The van der Waals surface area contributed by atoms with Crippen LogP contribution in [0.25, 0.3) is 0 Å². The van der Waals surface area contributed by atoms with Crippen molar-refractivity contribution in [3.05, 3.63) is 0 Å². The fourth-order valence-corrected chi connectivity index (χ4v) is 1.49. The molecule has 14 heavy (non-hydrogen) atoms. The van der Waals surface area contributed by atoms with Gasteiger partial charge in [-0.1, -0.05) is 0 Å². The van der Waals surface area contributed by atoms with Crippen molar-refractivity contribution in [3.63, 3.8) is 0 Å². The van der Waals surface area contributed by atoms with Gasteiger partial charge in [0.15, 0.2) is 0 Å². The van der Waals surface area contributed by atoms with E-state index in [9.17, 15) is 4.79 Å². The third-order valence-corrected chi connectivity index (χ3v) is 2.16. The minimum Gasteiger partial charge on any atom is -0.480 e. The van der Waals surface area contributed by atoms with Gasteiger partial charge in [0, 0.05) is 5.54 Å². The molecule has 0 spiro atoms. The van der Waals surface area contributed by atoms with Crippen molar-refractivity contribution in [2.45, 2.75) is 38.8 Å².